The van der Waals surface area contributed by atoms with E-state index in [2.05, 4.69) is 6.92 Å². The first kappa shape index (κ1) is 14.0. The molecular weight excluding hydrogens is 218 g/mol. The van der Waals surface area contributed by atoms with Crippen LogP contribution in [0.2, 0.25) is 0 Å². The zero-order chi connectivity index (χ0) is 13.0. The molecular formula is C13H23NO3. The summed E-state index contributed by atoms with van der Waals surface area (Å²) in [6.07, 6.45) is 3.36. The Morgan fingerprint density at radius 1 is 1.29 bits per heavy atom. The second-order valence-corrected chi connectivity index (χ2v) is 5.24. The van der Waals surface area contributed by atoms with E-state index in [0.29, 0.717) is 18.8 Å². The molecule has 0 aromatic carbocycles. The summed E-state index contributed by atoms with van der Waals surface area (Å²) < 4.78 is 0. The molecule has 0 spiro atoms. The second-order valence-electron chi connectivity index (χ2n) is 5.24. The summed E-state index contributed by atoms with van der Waals surface area (Å²) in [7, 11) is 1.78. The zero-order valence-electron chi connectivity index (χ0n) is 11.0. The monoisotopic (exact) mass is 241 g/mol. The summed E-state index contributed by atoms with van der Waals surface area (Å²) in [4.78, 5) is 25.0. The van der Waals surface area contributed by atoms with Gasteiger partial charge in [-0.25, -0.2) is 0 Å². The molecule has 98 valence electrons. The van der Waals surface area contributed by atoms with Crippen molar-refractivity contribution in [1.82, 2.24) is 4.90 Å². The molecule has 1 aliphatic carbocycles. The first-order chi connectivity index (χ1) is 7.97. The predicted molar refractivity (Wildman–Crippen MR) is 65.6 cm³/mol. The first-order valence-corrected chi connectivity index (χ1v) is 6.45. The van der Waals surface area contributed by atoms with Crippen LogP contribution < -0.4 is 0 Å². The van der Waals surface area contributed by atoms with Crippen molar-refractivity contribution < 1.29 is 14.7 Å². The molecule has 0 bridgehead atoms. The topological polar surface area (TPSA) is 57.6 Å². The van der Waals surface area contributed by atoms with Crippen molar-refractivity contribution in [2.45, 2.75) is 39.5 Å². The Morgan fingerprint density at radius 2 is 1.88 bits per heavy atom. The lowest BCUT2D eigenvalue weighted by Gasteiger charge is -2.23. The number of nitrogens with zero attached hydrogens (tertiary/aromatic N) is 1. The Hall–Kier alpha value is -1.06. The third kappa shape index (κ3) is 3.45. The number of carbonyl (C=O) groups is 2. The average molecular weight is 241 g/mol. The Labute approximate surface area is 103 Å². The van der Waals surface area contributed by atoms with Gasteiger partial charge in [0.15, 0.2) is 0 Å². The molecule has 0 aliphatic heterocycles. The highest BCUT2D eigenvalue weighted by atomic mass is 16.4. The van der Waals surface area contributed by atoms with E-state index in [1.54, 1.807) is 11.9 Å². The minimum absolute atomic E-state index is 0.00944. The van der Waals surface area contributed by atoms with E-state index < -0.39 is 11.9 Å². The van der Waals surface area contributed by atoms with Crippen LogP contribution >= 0.6 is 0 Å². The van der Waals surface area contributed by atoms with E-state index in [1.165, 1.54) is 0 Å². The summed E-state index contributed by atoms with van der Waals surface area (Å²) in [5.74, 6) is -1.28. The van der Waals surface area contributed by atoms with Gasteiger partial charge in [0.25, 0.3) is 0 Å². The lowest BCUT2D eigenvalue weighted by atomic mass is 9.95. The molecule has 1 rings (SSSR count). The van der Waals surface area contributed by atoms with Crippen LogP contribution in [0.1, 0.15) is 39.5 Å². The number of unbranched alkanes of at least 4 members (excludes halogenated alkanes) is 1. The summed E-state index contributed by atoms with van der Waals surface area (Å²) in [6, 6.07) is 0. The Balaban J connectivity index is 2.63. The number of hydrogen-bond donors (Lipinski definition) is 1. The third-order valence-corrected chi connectivity index (χ3v) is 3.66. The van der Waals surface area contributed by atoms with Gasteiger partial charge in [0, 0.05) is 13.6 Å². The molecule has 1 amide bonds. The number of rotatable bonds is 5. The number of aliphatic carboxylic acids is 1. The SMILES string of the molecule is CCCCN(C)C(=O)[C@H]1CC(C)C[C@H]1C(=O)O. The second kappa shape index (κ2) is 6.03. The minimum Gasteiger partial charge on any atom is -0.481 e. The molecule has 1 unspecified atom stereocenters. The van der Waals surface area contributed by atoms with Crippen LogP contribution in [0.5, 0.6) is 0 Å². The molecule has 4 heteroatoms. The van der Waals surface area contributed by atoms with Crippen LogP contribution in [0.25, 0.3) is 0 Å². The number of carboxylic acids is 1. The van der Waals surface area contributed by atoms with Gasteiger partial charge in [-0.3, -0.25) is 9.59 Å². The van der Waals surface area contributed by atoms with Crippen molar-refractivity contribution in [3.8, 4) is 0 Å². The van der Waals surface area contributed by atoms with Crippen LogP contribution in [0, 0.1) is 17.8 Å². The molecule has 0 aromatic heterocycles. The van der Waals surface area contributed by atoms with Crippen molar-refractivity contribution >= 4 is 11.9 Å². The number of hydrogen-bond acceptors (Lipinski definition) is 2. The van der Waals surface area contributed by atoms with Gasteiger partial charge in [-0.15, -0.1) is 0 Å². The number of carboxylic acid groups (broad SMARTS) is 1. The number of carbonyl (C=O) groups excluding carboxylic acids is 1. The first-order valence-electron chi connectivity index (χ1n) is 6.45. The summed E-state index contributed by atoms with van der Waals surface area (Å²) in [6.45, 7) is 4.83. The maximum atomic E-state index is 12.2. The predicted octanol–water partition coefficient (Wildman–Crippen LogP) is 1.99. The largest absolute Gasteiger partial charge is 0.481 e. The van der Waals surface area contributed by atoms with E-state index in [-0.39, 0.29) is 11.8 Å². The molecule has 0 saturated heterocycles. The standard InChI is InChI=1S/C13H23NO3/c1-4-5-6-14(3)12(15)10-7-9(2)8-11(10)13(16)17/h9-11H,4-8H2,1-3H3,(H,16,17)/t9?,10-,11+/m0/s1. The molecule has 0 aromatic rings. The van der Waals surface area contributed by atoms with Crippen molar-refractivity contribution in [2.24, 2.45) is 17.8 Å². The van der Waals surface area contributed by atoms with Crippen LogP contribution in [0.4, 0.5) is 0 Å². The highest BCUT2D eigenvalue weighted by Crippen LogP contribution is 2.37. The van der Waals surface area contributed by atoms with Gasteiger partial charge in [0.1, 0.15) is 0 Å². The van der Waals surface area contributed by atoms with E-state index in [9.17, 15) is 9.59 Å². The Kier molecular flexibility index (Phi) is 4.97. The zero-order valence-corrected chi connectivity index (χ0v) is 11.0. The lowest BCUT2D eigenvalue weighted by Crippen LogP contribution is -2.37. The van der Waals surface area contributed by atoms with E-state index >= 15 is 0 Å². The third-order valence-electron chi connectivity index (χ3n) is 3.66. The fourth-order valence-corrected chi connectivity index (χ4v) is 2.63. The van der Waals surface area contributed by atoms with Crippen molar-refractivity contribution in [3.05, 3.63) is 0 Å². The van der Waals surface area contributed by atoms with Crippen LogP contribution in [0.3, 0.4) is 0 Å². The van der Waals surface area contributed by atoms with Gasteiger partial charge in [0.2, 0.25) is 5.91 Å². The van der Waals surface area contributed by atoms with Gasteiger partial charge < -0.3 is 10.0 Å². The molecule has 4 nitrogen and oxygen atoms in total. The van der Waals surface area contributed by atoms with Crippen LogP contribution in [-0.2, 0) is 9.59 Å². The normalized spacial score (nSPS) is 28.1. The molecule has 0 heterocycles. The highest BCUT2D eigenvalue weighted by Gasteiger charge is 2.42. The molecule has 1 N–H and O–H groups in total. The van der Waals surface area contributed by atoms with Crippen molar-refractivity contribution in [2.75, 3.05) is 13.6 Å². The molecule has 1 aliphatic rings. The Morgan fingerprint density at radius 3 is 2.41 bits per heavy atom. The van der Waals surface area contributed by atoms with Gasteiger partial charge in [0.05, 0.1) is 11.8 Å². The van der Waals surface area contributed by atoms with Gasteiger partial charge in [-0.05, 0) is 25.2 Å². The molecule has 1 fully saturated rings. The molecule has 1 saturated carbocycles. The smallest absolute Gasteiger partial charge is 0.307 e. The summed E-state index contributed by atoms with van der Waals surface area (Å²) in [5.41, 5.74) is 0. The van der Waals surface area contributed by atoms with Gasteiger partial charge in [-0.2, -0.15) is 0 Å². The van der Waals surface area contributed by atoms with E-state index in [0.717, 1.165) is 19.4 Å². The van der Waals surface area contributed by atoms with Crippen molar-refractivity contribution in [3.63, 3.8) is 0 Å². The summed E-state index contributed by atoms with van der Waals surface area (Å²) >= 11 is 0. The maximum Gasteiger partial charge on any atom is 0.307 e. The highest BCUT2D eigenvalue weighted by molar-refractivity contribution is 5.85. The maximum absolute atomic E-state index is 12.2. The summed E-state index contributed by atoms with van der Waals surface area (Å²) in [5, 5.41) is 9.14. The lowest BCUT2D eigenvalue weighted by molar-refractivity contribution is -0.148. The van der Waals surface area contributed by atoms with E-state index in [1.807, 2.05) is 6.92 Å². The Bertz CT molecular complexity index is 290. The minimum atomic E-state index is -0.823. The fraction of sp³-hybridized carbons (Fsp3) is 0.846. The molecule has 0 radical (unpaired) electrons. The molecule has 17 heavy (non-hydrogen) atoms. The average Bonchev–Trinajstić information content (AvgIpc) is 2.67. The van der Waals surface area contributed by atoms with Crippen LogP contribution in [-0.4, -0.2) is 35.5 Å². The van der Waals surface area contributed by atoms with Crippen LogP contribution in [0.15, 0.2) is 0 Å². The van der Waals surface area contributed by atoms with E-state index in [4.69, 9.17) is 5.11 Å². The van der Waals surface area contributed by atoms with Crippen molar-refractivity contribution in [1.29, 1.82) is 0 Å². The van der Waals surface area contributed by atoms with Gasteiger partial charge in [-0.1, -0.05) is 20.3 Å². The number of amides is 1. The quantitative estimate of drug-likeness (QED) is 0.800. The fourth-order valence-electron chi connectivity index (χ4n) is 2.63. The molecule has 3 atom stereocenters. The van der Waals surface area contributed by atoms with Gasteiger partial charge >= 0.3 is 5.97 Å².